The molecule has 0 spiro atoms. The summed E-state index contributed by atoms with van der Waals surface area (Å²) in [6.45, 7) is 7.86. The fourth-order valence-corrected chi connectivity index (χ4v) is 8.74. The van der Waals surface area contributed by atoms with Crippen molar-refractivity contribution in [1.82, 2.24) is 25.4 Å². The summed E-state index contributed by atoms with van der Waals surface area (Å²) in [5, 5.41) is 58.1. The molecule has 0 radical (unpaired) electrons. The molecule has 3 aromatic rings. The van der Waals surface area contributed by atoms with Gasteiger partial charge < -0.3 is 50.4 Å². The number of aliphatic hydroxyl groups excluding tert-OH is 5. The molecule has 10 atom stereocenters. The zero-order valence-corrected chi connectivity index (χ0v) is 36.5. The van der Waals surface area contributed by atoms with Crippen molar-refractivity contribution in [2.24, 2.45) is 5.92 Å². The van der Waals surface area contributed by atoms with Crippen LogP contribution in [0.4, 0.5) is 0 Å². The van der Waals surface area contributed by atoms with Gasteiger partial charge in [0, 0.05) is 76.0 Å². The molecule has 0 unspecified atom stereocenters. The average Bonchev–Trinajstić information content (AvgIpc) is 3.59. The molecule has 7 N–H and O–H groups in total. The maximum absolute atomic E-state index is 14.5. The molecule has 344 valence electrons. The summed E-state index contributed by atoms with van der Waals surface area (Å²) in [6, 6.07) is 20.0. The molecule has 2 amide bonds. The second kappa shape index (κ2) is 22.5. The van der Waals surface area contributed by atoms with Gasteiger partial charge in [0.1, 0.15) is 36.6 Å². The van der Waals surface area contributed by atoms with Gasteiger partial charge in [0.25, 0.3) is 0 Å². The second-order valence-corrected chi connectivity index (χ2v) is 18.1. The third-order valence-corrected chi connectivity index (χ3v) is 11.9. The van der Waals surface area contributed by atoms with E-state index in [0.29, 0.717) is 51.9 Å². The Labute approximate surface area is 369 Å². The zero-order valence-electron chi connectivity index (χ0n) is 36.5. The first kappa shape index (κ1) is 48.1. The zero-order chi connectivity index (χ0) is 45.1. The number of carbonyl (C=O) groups excluding carboxylic acids is 3. The van der Waals surface area contributed by atoms with Crippen LogP contribution in [0.5, 0.6) is 0 Å². The number of benzene rings is 2. The number of pyridine rings is 1. The number of nitrogens with zero attached hydrogens (tertiary/aromatic N) is 3. The van der Waals surface area contributed by atoms with Gasteiger partial charge in [0.15, 0.2) is 6.29 Å². The molecule has 2 aliphatic heterocycles. The molecular weight excluding hydrogens is 811 g/mol. The first-order valence-corrected chi connectivity index (χ1v) is 22.1. The summed E-state index contributed by atoms with van der Waals surface area (Å²) in [7, 11) is 0. The normalized spacial score (nSPS) is 26.3. The second-order valence-electron chi connectivity index (χ2n) is 18.1. The highest BCUT2D eigenvalue weighted by Crippen LogP contribution is 2.34. The summed E-state index contributed by atoms with van der Waals surface area (Å²) in [4.78, 5) is 50.0. The number of esters is 1. The predicted octanol–water partition coefficient (Wildman–Crippen LogP) is 1.40. The molecule has 2 fully saturated rings. The Hall–Kier alpha value is -4.36. The van der Waals surface area contributed by atoms with E-state index < -0.39 is 79.0 Å². The van der Waals surface area contributed by atoms with Crippen molar-refractivity contribution in [3.63, 3.8) is 0 Å². The number of aliphatic hydroxyl groups is 5. The fourth-order valence-electron chi connectivity index (χ4n) is 8.74. The Bertz CT molecular complexity index is 1920. The van der Waals surface area contributed by atoms with E-state index in [9.17, 15) is 39.9 Å². The molecule has 3 aliphatic rings. The molecule has 1 aromatic heterocycles. The lowest BCUT2D eigenvalue weighted by molar-refractivity contribution is -0.294. The topological polar surface area (TPSA) is 223 Å². The first-order chi connectivity index (χ1) is 30.2. The molecule has 1 aliphatic carbocycles. The van der Waals surface area contributed by atoms with Gasteiger partial charge in [-0.3, -0.25) is 29.2 Å². The molecule has 16 nitrogen and oxygen atoms in total. The molecule has 63 heavy (non-hydrogen) atoms. The van der Waals surface area contributed by atoms with Crippen LogP contribution in [0, 0.1) is 5.92 Å². The van der Waals surface area contributed by atoms with Gasteiger partial charge in [-0.2, -0.15) is 0 Å². The number of hydrogen-bond acceptors (Lipinski definition) is 14. The smallest absolute Gasteiger partial charge is 0.306 e. The van der Waals surface area contributed by atoms with Crippen molar-refractivity contribution in [1.29, 1.82) is 0 Å². The third-order valence-electron chi connectivity index (χ3n) is 11.9. The number of piperazine rings is 1. The largest absolute Gasteiger partial charge is 0.459 e. The van der Waals surface area contributed by atoms with Crippen molar-refractivity contribution in [2.75, 3.05) is 39.4 Å². The highest BCUT2D eigenvalue weighted by Gasteiger charge is 2.44. The van der Waals surface area contributed by atoms with Crippen molar-refractivity contribution in [3.8, 4) is 0 Å². The number of ether oxygens (including phenoxy) is 3. The first-order valence-electron chi connectivity index (χ1n) is 22.1. The lowest BCUT2D eigenvalue weighted by atomic mass is 9.91. The van der Waals surface area contributed by atoms with E-state index >= 15 is 0 Å². The van der Waals surface area contributed by atoms with E-state index in [2.05, 4.69) is 20.5 Å². The van der Waals surface area contributed by atoms with Crippen LogP contribution >= 0.6 is 0 Å². The Morgan fingerprint density at radius 1 is 0.952 bits per heavy atom. The van der Waals surface area contributed by atoms with E-state index in [1.165, 1.54) is 0 Å². The SMILES string of the molecule is CC(C)(C)NC(=O)[C@@H]1CN(Cc2cccnc2)CCN1C[C@@H](O)C[C@@H](Cc1ccccc1)C(=O)N[C@H]1c2ccccc2C[C@H]1OC(=O)CCCCO[C@@H]1[C@@H](O)[C@@H](O)O[C@H](CO)[C@H]1O. The van der Waals surface area contributed by atoms with E-state index in [1.807, 2.05) is 98.6 Å². The maximum atomic E-state index is 14.5. The van der Waals surface area contributed by atoms with Gasteiger partial charge in [-0.25, -0.2) is 0 Å². The molecule has 2 aromatic carbocycles. The Kier molecular flexibility index (Phi) is 17.2. The van der Waals surface area contributed by atoms with Gasteiger partial charge in [-0.1, -0.05) is 60.7 Å². The Morgan fingerprint density at radius 2 is 1.70 bits per heavy atom. The van der Waals surface area contributed by atoms with E-state index in [-0.39, 0.29) is 37.8 Å². The van der Waals surface area contributed by atoms with Gasteiger partial charge in [-0.15, -0.1) is 0 Å². The summed E-state index contributed by atoms with van der Waals surface area (Å²) >= 11 is 0. The molecule has 0 saturated carbocycles. The fraction of sp³-hybridized carbons (Fsp3) is 0.574. The Morgan fingerprint density at radius 3 is 2.43 bits per heavy atom. The minimum atomic E-state index is -1.62. The van der Waals surface area contributed by atoms with Crippen LogP contribution in [-0.2, 0) is 48.0 Å². The van der Waals surface area contributed by atoms with Gasteiger partial charge in [0.2, 0.25) is 11.8 Å². The lowest BCUT2D eigenvalue weighted by Gasteiger charge is -2.42. The third kappa shape index (κ3) is 13.6. The van der Waals surface area contributed by atoms with Crippen molar-refractivity contribution in [3.05, 3.63) is 101 Å². The summed E-state index contributed by atoms with van der Waals surface area (Å²) in [6.07, 6.45) is -3.14. The number of aromatic nitrogens is 1. The minimum absolute atomic E-state index is 0.0486. The maximum Gasteiger partial charge on any atom is 0.306 e. The standard InChI is InChI=1S/C47H65N5O11/c1-47(2,3)50-45(59)36-28-51(26-31-14-11-18-48-25-31)19-20-52(36)27-34(54)23-33(22-30-12-5-4-6-13-30)44(58)49-40-35-16-8-7-15-32(35)24-37(40)62-39(55)17-9-10-21-61-43-41(56)38(29-53)63-46(60)42(43)57/h4-8,11-16,18,25,33-34,36-38,40-43,46,53-54,56-57,60H,9-10,17,19-24,26-29H2,1-3H3,(H,49,58)(H,50,59)/t33-,34+,36+,37-,38-,40+,41-,42-,43+,46+/m1/s1. The van der Waals surface area contributed by atoms with Gasteiger partial charge >= 0.3 is 5.97 Å². The number of β-amino-alcohol motifs (C(OH)–C–C–N with tert-alkyl or cyclic N) is 1. The molecule has 2 saturated heterocycles. The minimum Gasteiger partial charge on any atom is -0.459 e. The van der Waals surface area contributed by atoms with Crippen LogP contribution in [0.15, 0.2) is 79.1 Å². The van der Waals surface area contributed by atoms with E-state index in [1.54, 1.807) is 6.20 Å². The quantitative estimate of drug-likeness (QED) is 0.0669. The number of hydrogen-bond donors (Lipinski definition) is 7. The van der Waals surface area contributed by atoms with Crippen LogP contribution in [-0.4, -0.2) is 152 Å². The monoisotopic (exact) mass is 875 g/mol. The van der Waals surface area contributed by atoms with Crippen molar-refractivity contribution >= 4 is 17.8 Å². The van der Waals surface area contributed by atoms with Gasteiger partial charge in [0.05, 0.1) is 18.8 Å². The van der Waals surface area contributed by atoms with Crippen LogP contribution < -0.4 is 10.6 Å². The molecule has 16 heteroatoms. The number of nitrogens with one attached hydrogen (secondary N) is 2. The predicted molar refractivity (Wildman–Crippen MR) is 232 cm³/mol. The van der Waals surface area contributed by atoms with Crippen molar-refractivity contribution in [2.45, 2.75) is 126 Å². The van der Waals surface area contributed by atoms with Crippen molar-refractivity contribution < 1.29 is 54.1 Å². The highest BCUT2D eigenvalue weighted by atomic mass is 16.6. The Balaban J connectivity index is 1.08. The molecule has 0 bridgehead atoms. The number of unbranched alkanes of at least 4 members (excludes halogenated alkanes) is 1. The summed E-state index contributed by atoms with van der Waals surface area (Å²) in [5.74, 6) is -1.52. The van der Waals surface area contributed by atoms with Crippen LogP contribution in [0.3, 0.4) is 0 Å². The molecule has 3 heterocycles. The molecular formula is C47H65N5O11. The van der Waals surface area contributed by atoms with E-state index in [4.69, 9.17) is 14.2 Å². The number of amides is 2. The highest BCUT2D eigenvalue weighted by molar-refractivity contribution is 5.83. The number of rotatable bonds is 19. The van der Waals surface area contributed by atoms with Gasteiger partial charge in [-0.05, 0) is 74.8 Å². The number of carbonyl (C=O) groups is 3. The molecule has 6 rings (SSSR count). The number of fused-ring (bicyclic) bond motifs is 1. The summed E-state index contributed by atoms with van der Waals surface area (Å²) < 4.78 is 16.7. The lowest BCUT2D eigenvalue weighted by Crippen LogP contribution is -2.61. The van der Waals surface area contributed by atoms with Crippen LogP contribution in [0.25, 0.3) is 0 Å². The average molecular weight is 876 g/mol. The van der Waals surface area contributed by atoms with Crippen LogP contribution in [0.2, 0.25) is 0 Å². The van der Waals surface area contributed by atoms with Crippen LogP contribution in [0.1, 0.15) is 74.8 Å². The van der Waals surface area contributed by atoms with E-state index in [0.717, 1.165) is 22.3 Å². The summed E-state index contributed by atoms with van der Waals surface area (Å²) in [5.41, 5.74) is 3.33.